The summed E-state index contributed by atoms with van der Waals surface area (Å²) in [7, 11) is -4.38. The molecular weight excluding hydrogens is 372 g/mol. The summed E-state index contributed by atoms with van der Waals surface area (Å²) in [4.78, 5) is 11.8. The number of benzene rings is 2. The van der Waals surface area contributed by atoms with E-state index in [1.807, 2.05) is 6.07 Å². The van der Waals surface area contributed by atoms with Crippen LogP contribution in [0.4, 0.5) is 5.69 Å². The normalized spacial score (nSPS) is 10.8. The zero-order valence-electron chi connectivity index (χ0n) is 10.9. The highest BCUT2D eigenvalue weighted by Gasteiger charge is 2.14. The van der Waals surface area contributed by atoms with Crippen molar-refractivity contribution >= 4 is 37.6 Å². The fourth-order valence-electron chi connectivity index (χ4n) is 1.68. The SMILES string of the molecule is N#Cc1ccc(Br)c(NC(=O)c2cccc(S(=O)(=O)O)c2)c1. The number of hydrogen-bond donors (Lipinski definition) is 2. The molecule has 0 bridgehead atoms. The van der Waals surface area contributed by atoms with Crippen molar-refractivity contribution in [2.45, 2.75) is 4.90 Å². The van der Waals surface area contributed by atoms with Gasteiger partial charge >= 0.3 is 0 Å². The van der Waals surface area contributed by atoms with E-state index in [1.165, 1.54) is 24.3 Å². The molecule has 2 rings (SSSR count). The molecular formula is C14H9BrN2O4S. The highest BCUT2D eigenvalue weighted by Crippen LogP contribution is 2.24. The van der Waals surface area contributed by atoms with Crippen LogP contribution < -0.4 is 5.32 Å². The average Bonchev–Trinajstić information content (AvgIpc) is 2.48. The number of amides is 1. The smallest absolute Gasteiger partial charge is 0.294 e. The lowest BCUT2D eigenvalue weighted by molar-refractivity contribution is 0.102. The number of carbonyl (C=O) groups excluding carboxylic acids is 1. The van der Waals surface area contributed by atoms with Crippen LogP contribution in [0, 0.1) is 11.3 Å². The number of nitrogens with one attached hydrogen (secondary N) is 1. The van der Waals surface area contributed by atoms with Crippen molar-refractivity contribution in [3.8, 4) is 6.07 Å². The van der Waals surface area contributed by atoms with Crippen LogP contribution in [-0.4, -0.2) is 18.9 Å². The van der Waals surface area contributed by atoms with Crippen molar-refractivity contribution in [2.24, 2.45) is 0 Å². The number of nitriles is 1. The summed E-state index contributed by atoms with van der Waals surface area (Å²) in [6, 6.07) is 11.6. The molecule has 0 aliphatic carbocycles. The van der Waals surface area contributed by atoms with E-state index >= 15 is 0 Å². The van der Waals surface area contributed by atoms with E-state index in [4.69, 9.17) is 9.81 Å². The fourth-order valence-corrected chi connectivity index (χ4v) is 2.56. The van der Waals surface area contributed by atoms with Gasteiger partial charge in [-0.3, -0.25) is 9.35 Å². The first-order chi connectivity index (χ1) is 10.3. The van der Waals surface area contributed by atoms with E-state index in [0.717, 1.165) is 6.07 Å². The molecule has 0 aliphatic heterocycles. The van der Waals surface area contributed by atoms with E-state index in [1.54, 1.807) is 12.1 Å². The lowest BCUT2D eigenvalue weighted by atomic mass is 10.2. The van der Waals surface area contributed by atoms with E-state index in [-0.39, 0.29) is 10.5 Å². The Hall–Kier alpha value is -2.21. The summed E-state index contributed by atoms with van der Waals surface area (Å²) in [6.45, 7) is 0. The zero-order chi connectivity index (χ0) is 16.3. The predicted molar refractivity (Wildman–Crippen MR) is 83.1 cm³/mol. The molecule has 0 radical (unpaired) electrons. The molecule has 0 unspecified atom stereocenters. The second kappa shape index (κ2) is 6.27. The van der Waals surface area contributed by atoms with Gasteiger partial charge in [-0.15, -0.1) is 0 Å². The molecule has 22 heavy (non-hydrogen) atoms. The van der Waals surface area contributed by atoms with Gasteiger partial charge in [0.1, 0.15) is 0 Å². The highest BCUT2D eigenvalue weighted by atomic mass is 79.9. The maximum atomic E-state index is 12.2. The third-order valence-corrected chi connectivity index (χ3v) is 4.28. The van der Waals surface area contributed by atoms with Gasteiger partial charge in [-0.25, -0.2) is 0 Å². The van der Waals surface area contributed by atoms with E-state index < -0.39 is 16.0 Å². The van der Waals surface area contributed by atoms with Gasteiger partial charge < -0.3 is 5.32 Å². The Kier molecular flexibility index (Phi) is 4.61. The quantitative estimate of drug-likeness (QED) is 0.795. The minimum absolute atomic E-state index is 0.0596. The van der Waals surface area contributed by atoms with Crippen molar-refractivity contribution in [3.63, 3.8) is 0 Å². The minimum atomic E-state index is -4.38. The van der Waals surface area contributed by atoms with Gasteiger partial charge in [0.2, 0.25) is 0 Å². The number of carbonyl (C=O) groups is 1. The second-order valence-corrected chi connectivity index (χ2v) is 6.54. The Morgan fingerprint density at radius 1 is 1.23 bits per heavy atom. The monoisotopic (exact) mass is 380 g/mol. The number of nitrogens with zero attached hydrogens (tertiary/aromatic N) is 1. The summed E-state index contributed by atoms with van der Waals surface area (Å²) < 4.78 is 31.7. The first-order valence-corrected chi connectivity index (χ1v) is 8.13. The topological polar surface area (TPSA) is 107 Å². The fraction of sp³-hybridized carbons (Fsp3) is 0. The average molecular weight is 381 g/mol. The summed E-state index contributed by atoms with van der Waals surface area (Å²) in [5.74, 6) is -0.568. The van der Waals surface area contributed by atoms with Gasteiger partial charge in [0.15, 0.2) is 0 Å². The Labute approximate surface area is 135 Å². The first-order valence-electron chi connectivity index (χ1n) is 5.90. The lowest BCUT2D eigenvalue weighted by Crippen LogP contribution is -2.13. The highest BCUT2D eigenvalue weighted by molar-refractivity contribution is 9.10. The summed E-state index contributed by atoms with van der Waals surface area (Å²) in [6.07, 6.45) is 0. The molecule has 2 aromatic carbocycles. The van der Waals surface area contributed by atoms with Crippen LogP contribution in [0.1, 0.15) is 15.9 Å². The van der Waals surface area contributed by atoms with Gasteiger partial charge in [0.05, 0.1) is 22.2 Å². The molecule has 0 saturated carbocycles. The van der Waals surface area contributed by atoms with Crippen LogP contribution in [0.25, 0.3) is 0 Å². The molecule has 8 heteroatoms. The maximum Gasteiger partial charge on any atom is 0.294 e. The molecule has 0 spiro atoms. The molecule has 2 N–H and O–H groups in total. The molecule has 0 saturated heterocycles. The Bertz CT molecular complexity index is 888. The molecule has 112 valence electrons. The van der Waals surface area contributed by atoms with Crippen molar-refractivity contribution in [3.05, 3.63) is 58.1 Å². The summed E-state index contributed by atoms with van der Waals surface area (Å²) >= 11 is 3.25. The van der Waals surface area contributed by atoms with Gasteiger partial charge in [0.25, 0.3) is 16.0 Å². The number of rotatable bonds is 3. The van der Waals surface area contributed by atoms with Crippen molar-refractivity contribution in [2.75, 3.05) is 5.32 Å². The van der Waals surface area contributed by atoms with Crippen LogP contribution in [-0.2, 0) is 10.1 Å². The maximum absolute atomic E-state index is 12.2. The van der Waals surface area contributed by atoms with Crippen LogP contribution in [0.3, 0.4) is 0 Å². The van der Waals surface area contributed by atoms with Crippen molar-refractivity contribution in [1.29, 1.82) is 5.26 Å². The van der Waals surface area contributed by atoms with E-state index in [2.05, 4.69) is 21.2 Å². The third-order valence-electron chi connectivity index (χ3n) is 2.74. The van der Waals surface area contributed by atoms with Gasteiger partial charge in [0, 0.05) is 10.0 Å². The van der Waals surface area contributed by atoms with Crippen LogP contribution in [0.2, 0.25) is 0 Å². The third kappa shape index (κ3) is 3.71. The summed E-state index contributed by atoms with van der Waals surface area (Å²) in [5.41, 5.74) is 0.802. The zero-order valence-corrected chi connectivity index (χ0v) is 13.3. The first kappa shape index (κ1) is 16.2. The van der Waals surface area contributed by atoms with Crippen LogP contribution in [0.15, 0.2) is 51.8 Å². The number of anilines is 1. The predicted octanol–water partition coefficient (Wildman–Crippen LogP) is 2.82. The molecule has 0 aromatic heterocycles. The van der Waals surface area contributed by atoms with E-state index in [9.17, 15) is 13.2 Å². The number of hydrogen-bond acceptors (Lipinski definition) is 4. The minimum Gasteiger partial charge on any atom is -0.321 e. The molecule has 2 aromatic rings. The number of halogens is 1. The summed E-state index contributed by atoms with van der Waals surface area (Å²) in [5, 5.41) is 11.4. The Morgan fingerprint density at radius 2 is 1.95 bits per heavy atom. The molecule has 0 atom stereocenters. The standard InChI is InChI=1S/C14H9BrN2O4S/c15-12-5-4-9(8-16)6-13(12)17-14(18)10-2-1-3-11(7-10)22(19,20)21/h1-7H,(H,17,18)(H,19,20,21). The Morgan fingerprint density at radius 3 is 2.59 bits per heavy atom. The Balaban J connectivity index is 2.33. The van der Waals surface area contributed by atoms with Gasteiger partial charge in [-0.2, -0.15) is 13.7 Å². The molecule has 0 aliphatic rings. The van der Waals surface area contributed by atoms with Crippen molar-refractivity contribution in [1.82, 2.24) is 0 Å². The van der Waals surface area contributed by atoms with E-state index in [0.29, 0.717) is 15.7 Å². The lowest BCUT2D eigenvalue weighted by Gasteiger charge is -2.08. The van der Waals surface area contributed by atoms with Crippen molar-refractivity contribution < 1.29 is 17.8 Å². The van der Waals surface area contributed by atoms with Crippen LogP contribution >= 0.6 is 15.9 Å². The molecule has 0 heterocycles. The van der Waals surface area contributed by atoms with Crippen LogP contribution in [0.5, 0.6) is 0 Å². The largest absolute Gasteiger partial charge is 0.321 e. The van der Waals surface area contributed by atoms with Gasteiger partial charge in [-0.1, -0.05) is 6.07 Å². The van der Waals surface area contributed by atoms with Gasteiger partial charge in [-0.05, 0) is 52.3 Å². The molecule has 0 fully saturated rings. The second-order valence-electron chi connectivity index (χ2n) is 4.26. The molecule has 6 nitrogen and oxygen atoms in total. The molecule has 1 amide bonds.